The molecule has 0 radical (unpaired) electrons. The molecule has 0 aliphatic rings. The number of hydrogen-bond acceptors (Lipinski definition) is 5. The Hall–Kier alpha value is -3.11. The van der Waals surface area contributed by atoms with E-state index < -0.39 is 29.8 Å². The smallest absolute Gasteiger partial charge is 0.388 e. The summed E-state index contributed by atoms with van der Waals surface area (Å²) in [5.74, 6) is -4.34. The van der Waals surface area contributed by atoms with Gasteiger partial charge in [0, 0.05) is 0 Å². The molecule has 2 aromatic carbocycles. The van der Waals surface area contributed by atoms with Crippen molar-refractivity contribution >= 4 is 22.6 Å². The zero-order chi connectivity index (χ0) is 19.3. The number of nitrogens with zero attached hydrogens (tertiary/aromatic N) is 3. The van der Waals surface area contributed by atoms with Crippen LogP contribution in [-0.4, -0.2) is 24.8 Å². The molecule has 0 bridgehead atoms. The number of benzene rings is 2. The van der Waals surface area contributed by atoms with Crippen molar-refractivity contribution in [2.45, 2.75) is 6.61 Å². The third-order valence-electron chi connectivity index (χ3n) is 3.87. The third kappa shape index (κ3) is 2.69. The van der Waals surface area contributed by atoms with Gasteiger partial charge in [-0.1, -0.05) is 16.8 Å². The van der Waals surface area contributed by atoms with Crippen LogP contribution in [0, 0.1) is 17.5 Å². The van der Waals surface area contributed by atoms with Gasteiger partial charge in [0.15, 0.2) is 17.5 Å². The molecule has 4 aromatic rings. The van der Waals surface area contributed by atoms with Crippen LogP contribution in [0.1, 0.15) is 5.82 Å². The SMILES string of the molecule is O=c1onc(-c2cc(F)c(F)c3nc(CO)[nH]c23)n1-c1ccc(F)c(Cl)c1. The summed E-state index contributed by atoms with van der Waals surface area (Å²) in [5, 5.41) is 12.6. The number of halogens is 4. The number of hydrogen-bond donors (Lipinski definition) is 2. The lowest BCUT2D eigenvalue weighted by Crippen LogP contribution is -2.13. The standard InChI is InChI=1S/C16H8ClF3N4O3/c17-8-3-6(1-2-9(8)18)24-15(23-27-16(24)26)7-4-10(19)12(20)14-13(7)21-11(5-25)22-14/h1-4,25H,5H2,(H,21,22). The van der Waals surface area contributed by atoms with Crippen LogP contribution in [0.2, 0.25) is 5.02 Å². The van der Waals surface area contributed by atoms with Crippen molar-refractivity contribution < 1.29 is 22.8 Å². The molecule has 2 heterocycles. The zero-order valence-electron chi connectivity index (χ0n) is 13.1. The fourth-order valence-corrected chi connectivity index (χ4v) is 2.85. The number of aliphatic hydroxyl groups is 1. The lowest BCUT2D eigenvalue weighted by Gasteiger charge is -2.07. The summed E-state index contributed by atoms with van der Waals surface area (Å²) in [6, 6.07) is 4.23. The van der Waals surface area contributed by atoms with E-state index in [0.717, 1.165) is 22.8 Å². The van der Waals surface area contributed by atoms with Crippen LogP contribution >= 0.6 is 11.6 Å². The van der Waals surface area contributed by atoms with Crippen molar-refractivity contribution in [2.24, 2.45) is 0 Å². The molecule has 0 aliphatic carbocycles. The topological polar surface area (TPSA) is 96.9 Å². The molecule has 0 fully saturated rings. The first-order valence-corrected chi connectivity index (χ1v) is 7.80. The molecule has 0 atom stereocenters. The predicted octanol–water partition coefficient (Wildman–Crippen LogP) is 2.93. The van der Waals surface area contributed by atoms with E-state index in [9.17, 15) is 23.1 Å². The maximum Gasteiger partial charge on any atom is 0.446 e. The van der Waals surface area contributed by atoms with Gasteiger partial charge >= 0.3 is 5.76 Å². The van der Waals surface area contributed by atoms with Crippen molar-refractivity contribution in [1.29, 1.82) is 0 Å². The minimum Gasteiger partial charge on any atom is -0.388 e. The quantitative estimate of drug-likeness (QED) is 0.555. The van der Waals surface area contributed by atoms with Gasteiger partial charge in [-0.05, 0) is 24.3 Å². The molecule has 0 saturated heterocycles. The molecule has 4 rings (SSSR count). The number of nitrogens with one attached hydrogen (secondary N) is 1. The highest BCUT2D eigenvalue weighted by atomic mass is 35.5. The normalized spacial score (nSPS) is 11.4. The Balaban J connectivity index is 2.03. The summed E-state index contributed by atoms with van der Waals surface area (Å²) >= 11 is 5.75. The second-order valence-corrected chi connectivity index (χ2v) is 5.90. The molecule has 138 valence electrons. The summed E-state index contributed by atoms with van der Waals surface area (Å²) < 4.78 is 47.1. The van der Waals surface area contributed by atoms with E-state index >= 15 is 0 Å². The molecule has 27 heavy (non-hydrogen) atoms. The van der Waals surface area contributed by atoms with Gasteiger partial charge in [0.1, 0.15) is 23.8 Å². The molecule has 0 spiro atoms. The molecular formula is C16H8ClF3N4O3. The average molecular weight is 397 g/mol. The Morgan fingerprint density at radius 1 is 1.22 bits per heavy atom. The first-order chi connectivity index (χ1) is 12.9. The van der Waals surface area contributed by atoms with E-state index in [1.54, 1.807) is 0 Å². The van der Waals surface area contributed by atoms with E-state index in [2.05, 4.69) is 19.6 Å². The van der Waals surface area contributed by atoms with Crippen molar-refractivity contribution in [2.75, 3.05) is 0 Å². The second kappa shape index (κ2) is 6.25. The summed E-state index contributed by atoms with van der Waals surface area (Å²) in [7, 11) is 0. The van der Waals surface area contributed by atoms with E-state index in [1.165, 1.54) is 6.07 Å². The highest BCUT2D eigenvalue weighted by Gasteiger charge is 2.23. The van der Waals surface area contributed by atoms with Crippen LogP contribution in [0.15, 0.2) is 33.6 Å². The van der Waals surface area contributed by atoms with Gasteiger partial charge in [-0.15, -0.1) is 0 Å². The monoisotopic (exact) mass is 396 g/mol. The molecule has 2 aromatic heterocycles. The van der Waals surface area contributed by atoms with Gasteiger partial charge in [-0.2, -0.15) is 0 Å². The van der Waals surface area contributed by atoms with Gasteiger partial charge in [0.25, 0.3) is 0 Å². The molecule has 11 heteroatoms. The van der Waals surface area contributed by atoms with Gasteiger partial charge < -0.3 is 10.1 Å². The molecule has 2 N–H and O–H groups in total. The minimum absolute atomic E-state index is 0.00629. The van der Waals surface area contributed by atoms with Crippen LogP contribution in [0.4, 0.5) is 13.2 Å². The Morgan fingerprint density at radius 2 is 2.00 bits per heavy atom. The Labute approximate surface area is 152 Å². The van der Waals surface area contributed by atoms with Crippen molar-refractivity contribution in [1.82, 2.24) is 19.7 Å². The highest BCUT2D eigenvalue weighted by Crippen LogP contribution is 2.31. The molecule has 7 nitrogen and oxygen atoms in total. The van der Waals surface area contributed by atoms with Crippen LogP contribution in [0.5, 0.6) is 0 Å². The van der Waals surface area contributed by atoms with E-state index in [-0.39, 0.29) is 39.0 Å². The fourth-order valence-electron chi connectivity index (χ4n) is 2.67. The maximum atomic E-state index is 14.1. The highest BCUT2D eigenvalue weighted by molar-refractivity contribution is 6.30. The summed E-state index contributed by atoms with van der Waals surface area (Å²) in [6.45, 7) is -0.547. The third-order valence-corrected chi connectivity index (χ3v) is 4.16. The number of aromatic nitrogens is 4. The Morgan fingerprint density at radius 3 is 2.70 bits per heavy atom. The lowest BCUT2D eigenvalue weighted by molar-refractivity contribution is 0.273. The maximum absolute atomic E-state index is 14.1. The minimum atomic E-state index is -1.24. The van der Waals surface area contributed by atoms with E-state index in [4.69, 9.17) is 11.6 Å². The van der Waals surface area contributed by atoms with Crippen molar-refractivity contribution in [3.63, 3.8) is 0 Å². The average Bonchev–Trinajstić information content (AvgIpc) is 3.25. The van der Waals surface area contributed by atoms with Crippen molar-refractivity contribution in [3.8, 4) is 17.1 Å². The molecule has 0 aliphatic heterocycles. The van der Waals surface area contributed by atoms with Gasteiger partial charge in [-0.25, -0.2) is 27.5 Å². The Bertz CT molecular complexity index is 1250. The summed E-state index contributed by atoms with van der Waals surface area (Å²) in [4.78, 5) is 18.5. The van der Waals surface area contributed by atoms with E-state index in [1.807, 2.05) is 0 Å². The lowest BCUT2D eigenvalue weighted by atomic mass is 10.1. The summed E-state index contributed by atoms with van der Waals surface area (Å²) in [6.07, 6.45) is 0. The van der Waals surface area contributed by atoms with Crippen molar-refractivity contribution in [3.05, 3.63) is 63.1 Å². The fraction of sp³-hybridized carbons (Fsp3) is 0.0625. The molecule has 0 unspecified atom stereocenters. The number of aliphatic hydroxyl groups excluding tert-OH is 1. The van der Waals surface area contributed by atoms with Crippen LogP contribution in [0.25, 0.3) is 28.1 Å². The largest absolute Gasteiger partial charge is 0.446 e. The summed E-state index contributed by atoms with van der Waals surface area (Å²) in [5.41, 5.74) is -0.341. The van der Waals surface area contributed by atoms with Gasteiger partial charge in [-0.3, -0.25) is 4.52 Å². The Kier molecular flexibility index (Phi) is 4.01. The number of H-pyrrole nitrogens is 1. The molecule has 0 saturated carbocycles. The van der Waals surface area contributed by atoms with Gasteiger partial charge in [0.2, 0.25) is 0 Å². The van der Waals surface area contributed by atoms with Gasteiger partial charge in [0.05, 0.1) is 21.8 Å². The van der Waals surface area contributed by atoms with Crippen LogP contribution < -0.4 is 5.76 Å². The number of imidazole rings is 1. The first kappa shape index (κ1) is 17.3. The molecule has 0 amide bonds. The zero-order valence-corrected chi connectivity index (χ0v) is 13.9. The number of rotatable bonds is 3. The number of aromatic amines is 1. The molecular weight excluding hydrogens is 389 g/mol. The van der Waals surface area contributed by atoms with Crippen LogP contribution in [-0.2, 0) is 6.61 Å². The first-order valence-electron chi connectivity index (χ1n) is 7.42. The van der Waals surface area contributed by atoms with E-state index in [0.29, 0.717) is 0 Å². The number of fused-ring (bicyclic) bond motifs is 1. The predicted molar refractivity (Wildman–Crippen MR) is 88.0 cm³/mol. The second-order valence-electron chi connectivity index (χ2n) is 5.49. The van der Waals surface area contributed by atoms with Crippen LogP contribution in [0.3, 0.4) is 0 Å².